The van der Waals surface area contributed by atoms with E-state index < -0.39 is 5.91 Å². The minimum absolute atomic E-state index is 0.0195. The quantitative estimate of drug-likeness (QED) is 0.581. The molecule has 168 valence electrons. The molecular weight excluding hydrogens is 506 g/mol. The van der Waals surface area contributed by atoms with Gasteiger partial charge in [-0.25, -0.2) is 0 Å². The van der Waals surface area contributed by atoms with Crippen molar-refractivity contribution in [1.29, 1.82) is 5.41 Å². The highest BCUT2D eigenvalue weighted by molar-refractivity contribution is 9.10. The molecule has 1 aromatic heterocycles. The highest BCUT2D eigenvalue weighted by Gasteiger charge is 2.36. The molecule has 0 atom stereocenters. The molecule has 1 fully saturated rings. The van der Waals surface area contributed by atoms with Gasteiger partial charge in [-0.15, -0.1) is 0 Å². The van der Waals surface area contributed by atoms with E-state index in [2.05, 4.69) is 26.0 Å². The summed E-state index contributed by atoms with van der Waals surface area (Å²) in [6.45, 7) is 1.54. The molecule has 10 heteroatoms. The molecule has 0 spiro atoms. The van der Waals surface area contributed by atoms with E-state index in [1.165, 1.54) is 22.8 Å². The summed E-state index contributed by atoms with van der Waals surface area (Å²) < 4.78 is 6.83. The molecule has 5 rings (SSSR count). The van der Waals surface area contributed by atoms with Crippen LogP contribution in [0.1, 0.15) is 31.4 Å². The average molecular weight is 526 g/mol. The largest absolute Gasteiger partial charge is 0.457 e. The van der Waals surface area contributed by atoms with Crippen molar-refractivity contribution in [2.45, 2.75) is 25.7 Å². The van der Waals surface area contributed by atoms with Gasteiger partial charge in [0.15, 0.2) is 5.84 Å². The van der Waals surface area contributed by atoms with E-state index in [0.717, 1.165) is 42.4 Å². The van der Waals surface area contributed by atoms with Crippen LogP contribution in [0, 0.1) is 5.41 Å². The van der Waals surface area contributed by atoms with Gasteiger partial charge in [0, 0.05) is 23.1 Å². The number of carbonyl (C=O) groups excluding carboxylic acids is 2. The molecule has 3 aliphatic heterocycles. The third-order valence-corrected chi connectivity index (χ3v) is 6.99. The fourth-order valence-electron chi connectivity index (χ4n) is 3.83. The normalized spacial score (nSPS) is 19.6. The van der Waals surface area contributed by atoms with Crippen LogP contribution in [0.2, 0.25) is 0 Å². The van der Waals surface area contributed by atoms with Crippen molar-refractivity contribution in [3.05, 3.63) is 52.2 Å². The molecule has 1 N–H and O–H groups in total. The number of amidine groups is 2. The number of piperidine rings is 1. The van der Waals surface area contributed by atoms with E-state index in [1.54, 1.807) is 6.07 Å². The first-order valence-corrected chi connectivity index (χ1v) is 12.2. The van der Waals surface area contributed by atoms with Crippen LogP contribution in [0.3, 0.4) is 0 Å². The number of nitrogens with zero attached hydrogens (tertiary/aromatic N) is 4. The second-order valence-electron chi connectivity index (χ2n) is 7.84. The zero-order chi connectivity index (χ0) is 22.9. The van der Waals surface area contributed by atoms with Crippen LogP contribution < -0.4 is 0 Å². The smallest absolute Gasteiger partial charge is 0.283 e. The Bertz CT molecular complexity index is 1220. The Balaban J connectivity index is 1.33. The van der Waals surface area contributed by atoms with E-state index in [1.807, 2.05) is 35.2 Å². The predicted molar refractivity (Wildman–Crippen MR) is 132 cm³/mol. The average Bonchev–Trinajstić information content (AvgIpc) is 3.45. The minimum atomic E-state index is -0.529. The van der Waals surface area contributed by atoms with Crippen molar-refractivity contribution in [3.8, 4) is 11.3 Å². The second kappa shape index (κ2) is 9.11. The zero-order valence-corrected chi connectivity index (χ0v) is 20.0. The molecule has 2 amide bonds. The topological polar surface area (TPSA) is 102 Å². The van der Waals surface area contributed by atoms with E-state index in [4.69, 9.17) is 9.83 Å². The lowest BCUT2D eigenvalue weighted by Gasteiger charge is -2.26. The van der Waals surface area contributed by atoms with Crippen molar-refractivity contribution in [3.63, 3.8) is 0 Å². The van der Waals surface area contributed by atoms with Gasteiger partial charge in [-0.05, 0) is 61.4 Å². The summed E-state index contributed by atoms with van der Waals surface area (Å²) in [5, 5.41) is 15.1. The molecule has 4 heterocycles. The standard InChI is InChI=1S/C23H20BrN5O3S/c24-15-6-4-14(5-7-15)18-9-8-16(32-18)12-17-21(25)29-23(26-22(17)31)33-19(27-29)13-20(30)28-10-2-1-3-11-28/h4-9,12,25H,1-3,10-11,13H2. The fourth-order valence-corrected chi connectivity index (χ4v) is 4.97. The number of amides is 2. The number of nitrogens with one attached hydrogen (secondary N) is 1. The lowest BCUT2D eigenvalue weighted by atomic mass is 10.1. The molecular formula is C23H20BrN5O3S. The molecule has 33 heavy (non-hydrogen) atoms. The monoisotopic (exact) mass is 525 g/mol. The van der Waals surface area contributed by atoms with Gasteiger partial charge in [-0.1, -0.05) is 28.1 Å². The van der Waals surface area contributed by atoms with Crippen molar-refractivity contribution in [1.82, 2.24) is 9.91 Å². The summed E-state index contributed by atoms with van der Waals surface area (Å²) in [4.78, 5) is 31.2. The molecule has 0 saturated carbocycles. The lowest BCUT2D eigenvalue weighted by Crippen LogP contribution is -2.36. The fraction of sp³-hybridized carbons (Fsp3) is 0.261. The van der Waals surface area contributed by atoms with Crippen LogP contribution in [0.25, 0.3) is 17.4 Å². The van der Waals surface area contributed by atoms with Gasteiger partial charge in [0.25, 0.3) is 5.91 Å². The first kappa shape index (κ1) is 21.8. The Kier molecular flexibility index (Phi) is 6.03. The van der Waals surface area contributed by atoms with Gasteiger partial charge >= 0.3 is 0 Å². The number of fused-ring (bicyclic) bond motifs is 1. The van der Waals surface area contributed by atoms with E-state index >= 15 is 0 Å². The number of hydrazone groups is 1. The van der Waals surface area contributed by atoms with Crippen molar-refractivity contribution in [2.75, 3.05) is 13.1 Å². The molecule has 1 saturated heterocycles. The van der Waals surface area contributed by atoms with Crippen LogP contribution in [-0.2, 0) is 9.59 Å². The third-order valence-electron chi connectivity index (χ3n) is 5.55. The van der Waals surface area contributed by atoms with Gasteiger partial charge < -0.3 is 9.32 Å². The second-order valence-corrected chi connectivity index (χ2v) is 9.80. The summed E-state index contributed by atoms with van der Waals surface area (Å²) in [5.74, 6) is 0.502. The summed E-state index contributed by atoms with van der Waals surface area (Å²) in [7, 11) is 0. The van der Waals surface area contributed by atoms with Crippen molar-refractivity contribution >= 4 is 61.6 Å². The van der Waals surface area contributed by atoms with E-state index in [9.17, 15) is 9.59 Å². The molecule has 8 nitrogen and oxygen atoms in total. The first-order valence-electron chi connectivity index (χ1n) is 10.6. The number of hydrogen-bond acceptors (Lipinski definition) is 6. The Morgan fingerprint density at radius 2 is 1.91 bits per heavy atom. The van der Waals surface area contributed by atoms with Gasteiger partial charge in [0.2, 0.25) is 11.1 Å². The van der Waals surface area contributed by atoms with Crippen LogP contribution in [0.15, 0.2) is 61.0 Å². The zero-order valence-electron chi connectivity index (χ0n) is 17.6. The third kappa shape index (κ3) is 4.58. The highest BCUT2D eigenvalue weighted by Crippen LogP contribution is 2.31. The number of thioether (sulfide) groups is 1. The Labute approximate surface area is 203 Å². The molecule has 0 bridgehead atoms. The van der Waals surface area contributed by atoms with Crippen LogP contribution in [-0.4, -0.2) is 50.9 Å². The first-order chi connectivity index (χ1) is 16.0. The summed E-state index contributed by atoms with van der Waals surface area (Å²) in [6, 6.07) is 11.2. The van der Waals surface area contributed by atoms with Crippen LogP contribution in [0.4, 0.5) is 0 Å². The van der Waals surface area contributed by atoms with Crippen molar-refractivity contribution in [2.24, 2.45) is 10.1 Å². The molecule has 1 aromatic carbocycles. The Morgan fingerprint density at radius 3 is 2.67 bits per heavy atom. The molecule has 2 aromatic rings. The number of likely N-dealkylation sites (tertiary alicyclic amines) is 1. The number of hydrogen-bond donors (Lipinski definition) is 1. The SMILES string of the molecule is N=C1C(=Cc2ccc(-c3ccc(Br)cc3)o2)C(=O)N=C2SC(CC(=O)N3CCCCC3)=NN12. The van der Waals surface area contributed by atoms with Crippen LogP contribution in [0.5, 0.6) is 0 Å². The summed E-state index contributed by atoms with van der Waals surface area (Å²) in [5.41, 5.74) is 0.986. The number of carbonyl (C=O) groups is 2. The molecule has 0 radical (unpaired) electrons. The Morgan fingerprint density at radius 1 is 1.15 bits per heavy atom. The molecule has 0 aliphatic carbocycles. The minimum Gasteiger partial charge on any atom is -0.457 e. The molecule has 0 unspecified atom stereocenters. The lowest BCUT2D eigenvalue weighted by molar-refractivity contribution is -0.130. The van der Waals surface area contributed by atoms with Gasteiger partial charge in [-0.2, -0.15) is 15.1 Å². The van der Waals surface area contributed by atoms with E-state index in [-0.39, 0.29) is 23.7 Å². The number of furan rings is 1. The van der Waals surface area contributed by atoms with Crippen molar-refractivity contribution < 1.29 is 14.0 Å². The summed E-state index contributed by atoms with van der Waals surface area (Å²) in [6.07, 6.45) is 4.85. The van der Waals surface area contributed by atoms with Gasteiger partial charge in [0.05, 0.1) is 12.0 Å². The maximum absolute atomic E-state index is 12.6. The molecule has 3 aliphatic rings. The predicted octanol–water partition coefficient (Wildman–Crippen LogP) is 4.73. The maximum atomic E-state index is 12.6. The number of aliphatic imine (C=N–C) groups is 1. The van der Waals surface area contributed by atoms with Crippen LogP contribution >= 0.6 is 27.7 Å². The number of halogens is 1. The van der Waals surface area contributed by atoms with E-state index in [0.29, 0.717) is 21.7 Å². The number of benzene rings is 1. The highest BCUT2D eigenvalue weighted by atomic mass is 79.9. The van der Waals surface area contributed by atoms with Gasteiger partial charge in [-0.3, -0.25) is 15.0 Å². The van der Waals surface area contributed by atoms with Gasteiger partial charge in [0.1, 0.15) is 16.6 Å². The number of rotatable bonds is 4. The maximum Gasteiger partial charge on any atom is 0.283 e. The summed E-state index contributed by atoms with van der Waals surface area (Å²) >= 11 is 4.58. The Hall–Kier alpha value is -2.98.